The van der Waals surface area contributed by atoms with Gasteiger partial charge in [0, 0.05) is 44.8 Å². The molecule has 1 aromatic carbocycles. The smallest absolute Gasteiger partial charge is 0.410 e. The molecule has 24 heavy (non-hydrogen) atoms. The Morgan fingerprint density at radius 1 is 1.17 bits per heavy atom. The van der Waals surface area contributed by atoms with Crippen LogP contribution in [-0.2, 0) is 9.53 Å². The normalized spacial score (nSPS) is 15.0. The average molecular weight is 356 g/mol. The maximum Gasteiger partial charge on any atom is 0.410 e. The highest BCUT2D eigenvalue weighted by molar-refractivity contribution is 6.30. The predicted octanol–water partition coefficient (Wildman–Crippen LogP) is 1.22. The van der Waals surface area contributed by atoms with E-state index in [1.807, 2.05) is 12.1 Å². The topological polar surface area (TPSA) is 71.1 Å². The molecule has 2 rings (SSSR count). The SMILES string of the molecule is CNC(=O)COC(=O)N1CCN(CCOc2ccc(Cl)cc2)CC1. The van der Waals surface area contributed by atoms with Gasteiger partial charge in [0.15, 0.2) is 6.61 Å². The number of hydrogen-bond donors (Lipinski definition) is 1. The van der Waals surface area contributed by atoms with Crippen molar-refractivity contribution >= 4 is 23.6 Å². The number of likely N-dealkylation sites (N-methyl/N-ethyl adjacent to an activating group) is 1. The van der Waals surface area contributed by atoms with Crippen molar-refractivity contribution in [2.75, 3.05) is 53.0 Å². The van der Waals surface area contributed by atoms with E-state index in [0.29, 0.717) is 24.7 Å². The zero-order chi connectivity index (χ0) is 17.4. The van der Waals surface area contributed by atoms with Crippen LogP contribution in [0.15, 0.2) is 24.3 Å². The van der Waals surface area contributed by atoms with Gasteiger partial charge in [-0.25, -0.2) is 4.79 Å². The molecule has 1 heterocycles. The minimum absolute atomic E-state index is 0.246. The van der Waals surface area contributed by atoms with Crippen molar-refractivity contribution < 1.29 is 19.1 Å². The molecule has 1 N–H and O–H groups in total. The Kier molecular flexibility index (Phi) is 7.14. The molecule has 0 aromatic heterocycles. The van der Waals surface area contributed by atoms with Gasteiger partial charge in [-0.1, -0.05) is 11.6 Å². The van der Waals surface area contributed by atoms with Crippen LogP contribution in [0.1, 0.15) is 0 Å². The number of hydrogen-bond acceptors (Lipinski definition) is 5. The van der Waals surface area contributed by atoms with Crippen molar-refractivity contribution in [1.29, 1.82) is 0 Å². The molecule has 1 saturated heterocycles. The quantitative estimate of drug-likeness (QED) is 0.830. The zero-order valence-corrected chi connectivity index (χ0v) is 14.4. The molecule has 2 amide bonds. The number of rotatable bonds is 6. The Labute approximate surface area is 146 Å². The summed E-state index contributed by atoms with van der Waals surface area (Å²) < 4.78 is 10.6. The van der Waals surface area contributed by atoms with Gasteiger partial charge in [0.1, 0.15) is 12.4 Å². The van der Waals surface area contributed by atoms with Gasteiger partial charge < -0.3 is 19.7 Å². The van der Waals surface area contributed by atoms with Gasteiger partial charge in [-0.15, -0.1) is 0 Å². The first-order chi connectivity index (χ1) is 11.6. The lowest BCUT2D eigenvalue weighted by Gasteiger charge is -2.33. The molecular formula is C16H22ClN3O4. The largest absolute Gasteiger partial charge is 0.492 e. The average Bonchev–Trinajstić information content (AvgIpc) is 2.61. The fraction of sp³-hybridized carbons (Fsp3) is 0.500. The Hall–Kier alpha value is -1.99. The van der Waals surface area contributed by atoms with Gasteiger partial charge >= 0.3 is 6.09 Å². The van der Waals surface area contributed by atoms with Crippen LogP contribution >= 0.6 is 11.6 Å². The molecule has 1 aromatic rings. The summed E-state index contributed by atoms with van der Waals surface area (Å²) in [5.74, 6) is 0.470. The third kappa shape index (κ3) is 5.90. The summed E-state index contributed by atoms with van der Waals surface area (Å²) in [5, 5.41) is 3.09. The maximum atomic E-state index is 11.8. The summed E-state index contributed by atoms with van der Waals surface area (Å²) >= 11 is 5.83. The van der Waals surface area contributed by atoms with Crippen LogP contribution in [0.3, 0.4) is 0 Å². The molecule has 1 aliphatic rings. The molecule has 0 saturated carbocycles. The lowest BCUT2D eigenvalue weighted by atomic mass is 10.3. The predicted molar refractivity (Wildman–Crippen MR) is 90.4 cm³/mol. The monoisotopic (exact) mass is 355 g/mol. The Balaban J connectivity index is 1.62. The third-order valence-corrected chi connectivity index (χ3v) is 3.98. The van der Waals surface area contributed by atoms with Crippen molar-refractivity contribution in [2.24, 2.45) is 0 Å². The van der Waals surface area contributed by atoms with Crippen LogP contribution < -0.4 is 10.1 Å². The summed E-state index contributed by atoms with van der Waals surface area (Å²) in [6.45, 7) is 3.76. The Morgan fingerprint density at radius 2 is 1.83 bits per heavy atom. The summed E-state index contributed by atoms with van der Waals surface area (Å²) in [6.07, 6.45) is -0.448. The third-order valence-electron chi connectivity index (χ3n) is 3.73. The number of carbonyl (C=O) groups is 2. The molecule has 7 nitrogen and oxygen atoms in total. The van der Waals surface area contributed by atoms with Crippen LogP contribution in [0.2, 0.25) is 5.02 Å². The number of piperazine rings is 1. The first kappa shape index (κ1) is 18.4. The van der Waals surface area contributed by atoms with Gasteiger partial charge in [-0.3, -0.25) is 9.69 Å². The van der Waals surface area contributed by atoms with Gasteiger partial charge in [-0.2, -0.15) is 0 Å². The number of carbonyl (C=O) groups excluding carboxylic acids is 2. The molecular weight excluding hydrogens is 334 g/mol. The van der Waals surface area contributed by atoms with Crippen LogP contribution in [-0.4, -0.2) is 74.8 Å². The Bertz CT molecular complexity index is 545. The van der Waals surface area contributed by atoms with Gasteiger partial charge in [0.2, 0.25) is 0 Å². The number of nitrogens with zero attached hydrogens (tertiary/aromatic N) is 2. The van der Waals surface area contributed by atoms with E-state index in [2.05, 4.69) is 10.2 Å². The molecule has 1 aliphatic heterocycles. The van der Waals surface area contributed by atoms with E-state index in [0.717, 1.165) is 25.4 Å². The maximum absolute atomic E-state index is 11.8. The number of ether oxygens (including phenoxy) is 2. The summed E-state index contributed by atoms with van der Waals surface area (Å²) in [4.78, 5) is 26.7. The molecule has 0 atom stereocenters. The van der Waals surface area contributed by atoms with Crippen molar-refractivity contribution in [3.05, 3.63) is 29.3 Å². The number of halogens is 1. The van der Waals surface area contributed by atoms with Crippen LogP contribution in [0, 0.1) is 0 Å². The fourth-order valence-corrected chi connectivity index (χ4v) is 2.39. The molecule has 0 spiro atoms. The number of amides is 2. The highest BCUT2D eigenvalue weighted by Crippen LogP contribution is 2.15. The van der Waals surface area contributed by atoms with Crippen LogP contribution in [0.25, 0.3) is 0 Å². The lowest BCUT2D eigenvalue weighted by molar-refractivity contribution is -0.123. The van der Waals surface area contributed by atoms with E-state index in [1.165, 1.54) is 7.05 Å². The van der Waals surface area contributed by atoms with Gasteiger partial charge in [0.05, 0.1) is 0 Å². The van der Waals surface area contributed by atoms with E-state index in [4.69, 9.17) is 21.1 Å². The van der Waals surface area contributed by atoms with Gasteiger partial charge in [0.25, 0.3) is 5.91 Å². The molecule has 0 radical (unpaired) electrons. The van der Waals surface area contributed by atoms with E-state index < -0.39 is 6.09 Å². The first-order valence-corrected chi connectivity index (χ1v) is 8.19. The summed E-state index contributed by atoms with van der Waals surface area (Å²) in [7, 11) is 1.50. The van der Waals surface area contributed by atoms with Crippen molar-refractivity contribution in [1.82, 2.24) is 15.1 Å². The molecule has 132 valence electrons. The summed E-state index contributed by atoms with van der Waals surface area (Å²) in [6, 6.07) is 7.26. The van der Waals surface area contributed by atoms with Crippen molar-refractivity contribution in [3.63, 3.8) is 0 Å². The second-order valence-corrected chi connectivity index (χ2v) is 5.80. The van der Waals surface area contributed by atoms with E-state index >= 15 is 0 Å². The second-order valence-electron chi connectivity index (χ2n) is 5.36. The zero-order valence-electron chi connectivity index (χ0n) is 13.7. The van der Waals surface area contributed by atoms with Crippen LogP contribution in [0.4, 0.5) is 4.79 Å². The van der Waals surface area contributed by atoms with E-state index in [1.54, 1.807) is 17.0 Å². The lowest BCUT2D eigenvalue weighted by Crippen LogP contribution is -2.50. The number of nitrogens with one attached hydrogen (secondary N) is 1. The minimum Gasteiger partial charge on any atom is -0.492 e. The fourth-order valence-electron chi connectivity index (χ4n) is 2.27. The molecule has 1 fully saturated rings. The minimum atomic E-state index is -0.448. The van der Waals surface area contributed by atoms with Crippen LogP contribution in [0.5, 0.6) is 5.75 Å². The molecule has 0 unspecified atom stereocenters. The molecule has 0 bridgehead atoms. The molecule has 8 heteroatoms. The second kappa shape index (κ2) is 9.34. The highest BCUT2D eigenvalue weighted by atomic mass is 35.5. The highest BCUT2D eigenvalue weighted by Gasteiger charge is 2.22. The van der Waals surface area contributed by atoms with Crippen molar-refractivity contribution in [2.45, 2.75) is 0 Å². The standard InChI is InChI=1S/C16H22ClN3O4/c1-18-15(21)12-24-16(22)20-8-6-19(7-9-20)10-11-23-14-4-2-13(17)3-5-14/h2-5H,6-12H2,1H3,(H,18,21). The van der Waals surface area contributed by atoms with Crippen molar-refractivity contribution in [3.8, 4) is 5.75 Å². The van der Waals surface area contributed by atoms with Gasteiger partial charge in [-0.05, 0) is 24.3 Å². The van der Waals surface area contributed by atoms with E-state index in [-0.39, 0.29) is 12.5 Å². The first-order valence-electron chi connectivity index (χ1n) is 7.81. The Morgan fingerprint density at radius 3 is 2.46 bits per heavy atom. The number of benzene rings is 1. The molecule has 0 aliphatic carbocycles. The van der Waals surface area contributed by atoms with E-state index in [9.17, 15) is 9.59 Å². The summed E-state index contributed by atoms with van der Waals surface area (Å²) in [5.41, 5.74) is 0.